The zero-order chi connectivity index (χ0) is 17.3. The van der Waals surface area contributed by atoms with Crippen LogP contribution in [0.15, 0.2) is 48.5 Å². The van der Waals surface area contributed by atoms with Gasteiger partial charge in [0.05, 0.1) is 28.4 Å². The van der Waals surface area contributed by atoms with E-state index in [9.17, 15) is 13.2 Å². The highest BCUT2D eigenvalue weighted by Gasteiger charge is 2.34. The molecule has 0 aliphatic carbocycles. The van der Waals surface area contributed by atoms with Crippen molar-refractivity contribution in [1.29, 1.82) is 0 Å². The number of halogens is 4. The smallest absolute Gasteiger partial charge is 0.419 e. The average molecular weight is 352 g/mol. The van der Waals surface area contributed by atoms with Crippen LogP contribution in [-0.4, -0.2) is 11.6 Å². The Labute approximate surface area is 141 Å². The normalized spacial score (nSPS) is 11.7. The fraction of sp³-hybridized carbons (Fsp3) is 0.167. The second-order valence-corrected chi connectivity index (χ2v) is 5.56. The Kier molecular flexibility index (Phi) is 4.37. The zero-order valence-corrected chi connectivity index (χ0v) is 13.4. The van der Waals surface area contributed by atoms with Gasteiger partial charge < -0.3 is 4.74 Å². The molecule has 2 nitrogen and oxygen atoms in total. The molecule has 0 spiro atoms. The largest absolute Gasteiger partial charge is 0.493 e. The third-order valence-electron chi connectivity index (χ3n) is 3.55. The van der Waals surface area contributed by atoms with Gasteiger partial charge in [-0.2, -0.15) is 13.2 Å². The first-order valence-corrected chi connectivity index (χ1v) is 7.67. The van der Waals surface area contributed by atoms with Crippen LogP contribution in [0.25, 0.3) is 22.2 Å². The molecule has 0 radical (unpaired) electrons. The van der Waals surface area contributed by atoms with E-state index in [4.69, 9.17) is 16.3 Å². The number of alkyl halides is 3. The number of hydrogen-bond acceptors (Lipinski definition) is 2. The Hall–Kier alpha value is -2.27. The maximum atomic E-state index is 13.3. The first-order chi connectivity index (χ1) is 11.4. The van der Waals surface area contributed by atoms with Crippen molar-refractivity contribution in [3.05, 3.63) is 59.1 Å². The first kappa shape index (κ1) is 16.6. The fourth-order valence-electron chi connectivity index (χ4n) is 2.46. The molecule has 3 rings (SSSR count). The molecule has 124 valence electrons. The number of aromatic nitrogens is 1. The van der Waals surface area contributed by atoms with Crippen molar-refractivity contribution in [2.45, 2.75) is 13.1 Å². The molecule has 0 N–H and O–H groups in total. The van der Waals surface area contributed by atoms with Crippen LogP contribution < -0.4 is 4.74 Å². The quantitative estimate of drug-likeness (QED) is 0.579. The molecule has 3 aromatic rings. The summed E-state index contributed by atoms with van der Waals surface area (Å²) in [6.07, 6.45) is -4.50. The molecule has 0 unspecified atom stereocenters. The van der Waals surface area contributed by atoms with Gasteiger partial charge in [0.1, 0.15) is 5.75 Å². The highest BCUT2D eigenvalue weighted by atomic mass is 35.5. The Morgan fingerprint density at radius 2 is 1.88 bits per heavy atom. The van der Waals surface area contributed by atoms with Gasteiger partial charge in [-0.1, -0.05) is 29.8 Å². The van der Waals surface area contributed by atoms with Crippen LogP contribution in [0.4, 0.5) is 13.2 Å². The van der Waals surface area contributed by atoms with E-state index >= 15 is 0 Å². The van der Waals surface area contributed by atoms with E-state index in [1.807, 2.05) is 6.07 Å². The summed E-state index contributed by atoms with van der Waals surface area (Å²) in [4.78, 5) is 4.40. The van der Waals surface area contributed by atoms with Gasteiger partial charge in [-0.25, -0.2) is 4.98 Å². The number of rotatable bonds is 3. The van der Waals surface area contributed by atoms with Gasteiger partial charge in [0.15, 0.2) is 0 Å². The molecule has 0 bridgehead atoms. The third kappa shape index (κ3) is 3.17. The highest BCUT2D eigenvalue weighted by molar-refractivity contribution is 6.35. The van der Waals surface area contributed by atoms with Crippen LogP contribution in [-0.2, 0) is 6.18 Å². The minimum Gasteiger partial charge on any atom is -0.493 e. The van der Waals surface area contributed by atoms with Crippen LogP contribution in [0, 0.1) is 0 Å². The maximum absolute atomic E-state index is 13.3. The molecule has 2 aromatic carbocycles. The number of para-hydroxylation sites is 1. The number of pyridine rings is 1. The predicted octanol–water partition coefficient (Wildman–Crippen LogP) is 5.97. The second kappa shape index (κ2) is 6.32. The molecule has 0 amide bonds. The molecule has 0 fully saturated rings. The molecule has 0 aliphatic rings. The van der Waals surface area contributed by atoms with Crippen molar-refractivity contribution in [2.75, 3.05) is 6.61 Å². The molecule has 0 atom stereocenters. The van der Waals surface area contributed by atoms with Gasteiger partial charge in [0.25, 0.3) is 0 Å². The highest BCUT2D eigenvalue weighted by Crippen LogP contribution is 2.39. The molecular formula is C18H13ClF3NO. The topological polar surface area (TPSA) is 22.1 Å². The van der Waals surface area contributed by atoms with Crippen molar-refractivity contribution in [3.63, 3.8) is 0 Å². The van der Waals surface area contributed by atoms with Crippen LogP contribution in [0.2, 0.25) is 5.02 Å². The number of ether oxygens (including phenoxy) is 1. The lowest BCUT2D eigenvalue weighted by atomic mass is 10.0. The third-order valence-corrected chi connectivity index (χ3v) is 3.86. The Morgan fingerprint density at radius 3 is 2.58 bits per heavy atom. The number of hydrogen-bond donors (Lipinski definition) is 0. The van der Waals surface area contributed by atoms with E-state index in [2.05, 4.69) is 4.98 Å². The monoisotopic (exact) mass is 351 g/mol. The standard InChI is InChI=1S/C18H13ClF3NO/c1-2-24-16-9-7-12(10-13(16)18(20,21)22)15-8-6-11-4-3-5-14(19)17(11)23-15/h3-10H,2H2,1H3. The summed E-state index contributed by atoms with van der Waals surface area (Å²) in [6.45, 7) is 1.80. The van der Waals surface area contributed by atoms with E-state index in [1.165, 1.54) is 6.07 Å². The predicted molar refractivity (Wildman–Crippen MR) is 88.4 cm³/mol. The fourth-order valence-corrected chi connectivity index (χ4v) is 2.69. The molecule has 0 saturated carbocycles. The van der Waals surface area contributed by atoms with Gasteiger partial charge in [0, 0.05) is 10.9 Å². The molecule has 24 heavy (non-hydrogen) atoms. The van der Waals surface area contributed by atoms with Gasteiger partial charge >= 0.3 is 6.18 Å². The lowest BCUT2D eigenvalue weighted by Crippen LogP contribution is -2.09. The summed E-state index contributed by atoms with van der Waals surface area (Å²) < 4.78 is 44.9. The van der Waals surface area contributed by atoms with Crippen molar-refractivity contribution in [3.8, 4) is 17.0 Å². The van der Waals surface area contributed by atoms with Gasteiger partial charge in [-0.15, -0.1) is 0 Å². The van der Waals surface area contributed by atoms with Crippen molar-refractivity contribution >= 4 is 22.5 Å². The summed E-state index contributed by atoms with van der Waals surface area (Å²) in [7, 11) is 0. The maximum Gasteiger partial charge on any atom is 0.419 e. The van der Waals surface area contributed by atoms with E-state index in [-0.39, 0.29) is 12.4 Å². The Balaban J connectivity index is 2.14. The lowest BCUT2D eigenvalue weighted by Gasteiger charge is -2.14. The van der Waals surface area contributed by atoms with Crippen LogP contribution in [0.3, 0.4) is 0 Å². The van der Waals surface area contributed by atoms with E-state index in [1.54, 1.807) is 37.3 Å². The first-order valence-electron chi connectivity index (χ1n) is 7.30. The second-order valence-electron chi connectivity index (χ2n) is 5.15. The molecular weight excluding hydrogens is 339 g/mol. The van der Waals surface area contributed by atoms with Gasteiger partial charge in [-0.05, 0) is 37.3 Å². The van der Waals surface area contributed by atoms with Crippen molar-refractivity contribution in [1.82, 2.24) is 4.98 Å². The Bertz CT molecular complexity index is 893. The molecule has 1 aromatic heterocycles. The summed E-state index contributed by atoms with van der Waals surface area (Å²) in [5.41, 5.74) is 0.513. The van der Waals surface area contributed by atoms with E-state index < -0.39 is 11.7 Å². The number of fused-ring (bicyclic) bond motifs is 1. The van der Waals surface area contributed by atoms with Crippen LogP contribution in [0.1, 0.15) is 12.5 Å². The van der Waals surface area contributed by atoms with Crippen molar-refractivity contribution < 1.29 is 17.9 Å². The number of benzene rings is 2. The van der Waals surface area contributed by atoms with Crippen LogP contribution in [0.5, 0.6) is 5.75 Å². The summed E-state index contributed by atoms with van der Waals surface area (Å²) in [5.74, 6) is -0.187. The molecule has 6 heteroatoms. The minimum atomic E-state index is -4.50. The van der Waals surface area contributed by atoms with Gasteiger partial charge in [0.2, 0.25) is 0 Å². The van der Waals surface area contributed by atoms with E-state index in [0.717, 1.165) is 11.5 Å². The Morgan fingerprint density at radius 1 is 1.08 bits per heavy atom. The summed E-state index contributed by atoms with van der Waals surface area (Å²) >= 11 is 6.12. The number of nitrogens with zero attached hydrogens (tertiary/aromatic N) is 1. The molecule has 0 saturated heterocycles. The van der Waals surface area contributed by atoms with E-state index in [0.29, 0.717) is 21.8 Å². The zero-order valence-electron chi connectivity index (χ0n) is 12.7. The van der Waals surface area contributed by atoms with Crippen LogP contribution >= 0.6 is 11.6 Å². The lowest BCUT2D eigenvalue weighted by molar-refractivity contribution is -0.138. The molecule has 1 heterocycles. The summed E-state index contributed by atoms with van der Waals surface area (Å²) in [5, 5.41) is 1.28. The minimum absolute atomic E-state index is 0.159. The van der Waals surface area contributed by atoms with Crippen molar-refractivity contribution in [2.24, 2.45) is 0 Å². The summed E-state index contributed by atoms with van der Waals surface area (Å²) in [6, 6.07) is 12.7. The van der Waals surface area contributed by atoms with Gasteiger partial charge in [-0.3, -0.25) is 0 Å². The average Bonchev–Trinajstić information content (AvgIpc) is 2.55. The SMILES string of the molecule is CCOc1ccc(-c2ccc3cccc(Cl)c3n2)cc1C(F)(F)F. The molecule has 0 aliphatic heterocycles.